The summed E-state index contributed by atoms with van der Waals surface area (Å²) in [7, 11) is 1.47. The minimum atomic E-state index is -0.0939. The van der Waals surface area contributed by atoms with Crippen LogP contribution >= 0.6 is 0 Å². The van der Waals surface area contributed by atoms with Crippen LogP contribution in [0.25, 0.3) is 10.8 Å². The molecule has 0 saturated carbocycles. The van der Waals surface area contributed by atoms with Gasteiger partial charge in [0.25, 0.3) is 0 Å². The number of hydrogen-bond donors (Lipinski definition) is 0. The number of rotatable bonds is 12. The molecular weight excluding hydrogens is 432 g/mol. The van der Waals surface area contributed by atoms with Gasteiger partial charge < -0.3 is 4.74 Å². The largest absolute Gasteiger partial charge is 0.469 e. The third-order valence-electron chi connectivity index (χ3n) is 7.42. The van der Waals surface area contributed by atoms with E-state index in [4.69, 9.17) is 4.74 Å². The predicted octanol–water partition coefficient (Wildman–Crippen LogP) is 6.08. The van der Waals surface area contributed by atoms with Crippen LogP contribution in [0.1, 0.15) is 49.7 Å². The third-order valence-corrected chi connectivity index (χ3v) is 7.42. The molecular formula is C31H40N2O2. The van der Waals surface area contributed by atoms with Gasteiger partial charge in [-0.05, 0) is 73.6 Å². The number of unbranched alkanes of at least 4 members (excludes halogenated alkanes) is 2. The molecule has 0 N–H and O–H groups in total. The predicted molar refractivity (Wildman–Crippen MR) is 144 cm³/mol. The average molecular weight is 473 g/mol. The molecule has 1 saturated heterocycles. The van der Waals surface area contributed by atoms with Gasteiger partial charge in [0.1, 0.15) is 0 Å². The molecule has 0 amide bonds. The van der Waals surface area contributed by atoms with Gasteiger partial charge in [-0.15, -0.1) is 0 Å². The second-order valence-corrected chi connectivity index (χ2v) is 9.80. The molecule has 1 aliphatic rings. The molecule has 0 aromatic heterocycles. The zero-order valence-corrected chi connectivity index (χ0v) is 21.2. The van der Waals surface area contributed by atoms with Gasteiger partial charge in [-0.1, -0.05) is 79.2 Å². The molecule has 186 valence electrons. The highest BCUT2D eigenvalue weighted by Crippen LogP contribution is 2.23. The molecule has 0 spiro atoms. The molecule has 1 aliphatic heterocycles. The molecule has 4 heteroatoms. The number of ether oxygens (including phenoxy) is 1. The molecule has 3 aromatic rings. The van der Waals surface area contributed by atoms with Gasteiger partial charge in [0.15, 0.2) is 0 Å². The number of likely N-dealkylation sites (tertiary alicyclic amines) is 1. The van der Waals surface area contributed by atoms with Crippen molar-refractivity contribution in [3.8, 4) is 0 Å². The van der Waals surface area contributed by atoms with Gasteiger partial charge in [-0.25, -0.2) is 0 Å². The Morgan fingerprint density at radius 2 is 1.63 bits per heavy atom. The van der Waals surface area contributed by atoms with Crippen molar-refractivity contribution in [3.63, 3.8) is 0 Å². The van der Waals surface area contributed by atoms with E-state index in [0.717, 1.165) is 58.4 Å². The topological polar surface area (TPSA) is 32.8 Å². The van der Waals surface area contributed by atoms with Crippen molar-refractivity contribution in [1.82, 2.24) is 9.80 Å². The number of carbonyl (C=O) groups excluding carboxylic acids is 1. The number of nitrogens with zero attached hydrogens (tertiary/aromatic N) is 2. The first-order valence-electron chi connectivity index (χ1n) is 13.3. The molecule has 1 heterocycles. The van der Waals surface area contributed by atoms with E-state index in [1.54, 1.807) is 0 Å². The molecule has 1 fully saturated rings. The summed E-state index contributed by atoms with van der Waals surface area (Å²) in [6.45, 7) is 5.57. The molecule has 0 atom stereocenters. The lowest BCUT2D eigenvalue weighted by Gasteiger charge is -2.39. The Bertz CT molecular complexity index is 1040. The van der Waals surface area contributed by atoms with Crippen LogP contribution in [0.2, 0.25) is 0 Å². The van der Waals surface area contributed by atoms with Gasteiger partial charge in [-0.2, -0.15) is 0 Å². The van der Waals surface area contributed by atoms with E-state index in [0.29, 0.717) is 12.5 Å². The molecule has 0 radical (unpaired) electrons. The SMILES string of the molecule is COC(=O)CCCCCN(CCc1cccc2ccccc12)C1CCN(Cc2ccccc2)CC1. The maximum Gasteiger partial charge on any atom is 0.305 e. The van der Waals surface area contributed by atoms with Crippen LogP contribution in [0.15, 0.2) is 72.8 Å². The van der Waals surface area contributed by atoms with Crippen molar-refractivity contribution in [1.29, 1.82) is 0 Å². The summed E-state index contributed by atoms with van der Waals surface area (Å²) in [6, 6.07) is 26.9. The van der Waals surface area contributed by atoms with E-state index in [-0.39, 0.29) is 5.97 Å². The van der Waals surface area contributed by atoms with Gasteiger partial charge in [-0.3, -0.25) is 14.6 Å². The van der Waals surface area contributed by atoms with E-state index in [1.807, 2.05) is 0 Å². The normalized spacial score (nSPS) is 15.0. The van der Waals surface area contributed by atoms with Gasteiger partial charge in [0.05, 0.1) is 7.11 Å². The maximum absolute atomic E-state index is 11.4. The standard InChI is InChI=1S/C31H40N2O2/c1-35-31(34)17-6-3-9-21-33(24-18-28-15-10-14-27-13-7-8-16-30(27)28)29-19-22-32(23-20-29)25-26-11-4-2-5-12-26/h2,4-5,7-8,10-16,29H,3,6,9,17-25H2,1H3. The van der Waals surface area contributed by atoms with Crippen LogP contribution in [0, 0.1) is 0 Å². The highest BCUT2D eigenvalue weighted by Gasteiger charge is 2.24. The zero-order valence-electron chi connectivity index (χ0n) is 21.2. The summed E-state index contributed by atoms with van der Waals surface area (Å²) in [5.74, 6) is -0.0939. The number of piperidine rings is 1. The summed E-state index contributed by atoms with van der Waals surface area (Å²) >= 11 is 0. The van der Waals surface area contributed by atoms with Crippen LogP contribution < -0.4 is 0 Å². The Kier molecular flexibility index (Phi) is 9.74. The first-order valence-corrected chi connectivity index (χ1v) is 13.3. The Morgan fingerprint density at radius 3 is 2.43 bits per heavy atom. The number of fused-ring (bicyclic) bond motifs is 1. The van der Waals surface area contributed by atoms with Gasteiger partial charge >= 0.3 is 5.97 Å². The van der Waals surface area contributed by atoms with Crippen molar-refractivity contribution in [2.75, 3.05) is 33.3 Å². The first-order chi connectivity index (χ1) is 17.2. The molecule has 4 rings (SSSR count). The molecule has 0 unspecified atom stereocenters. The fourth-order valence-electron chi connectivity index (χ4n) is 5.40. The van der Waals surface area contributed by atoms with Crippen LogP contribution in [-0.2, 0) is 22.5 Å². The van der Waals surface area contributed by atoms with E-state index in [2.05, 4.69) is 82.6 Å². The first kappa shape index (κ1) is 25.4. The summed E-state index contributed by atoms with van der Waals surface area (Å²) in [4.78, 5) is 16.8. The number of benzene rings is 3. The van der Waals surface area contributed by atoms with Crippen molar-refractivity contribution >= 4 is 16.7 Å². The third kappa shape index (κ3) is 7.65. The quantitative estimate of drug-likeness (QED) is 0.236. The zero-order chi connectivity index (χ0) is 24.3. The molecule has 0 aliphatic carbocycles. The van der Waals surface area contributed by atoms with Crippen molar-refractivity contribution in [3.05, 3.63) is 83.9 Å². The average Bonchev–Trinajstić information content (AvgIpc) is 2.91. The lowest BCUT2D eigenvalue weighted by molar-refractivity contribution is -0.140. The summed E-state index contributed by atoms with van der Waals surface area (Å²) < 4.78 is 4.79. The highest BCUT2D eigenvalue weighted by molar-refractivity contribution is 5.85. The van der Waals surface area contributed by atoms with Gasteiger partial charge in [0, 0.05) is 25.6 Å². The molecule has 3 aromatic carbocycles. The van der Waals surface area contributed by atoms with Crippen molar-refractivity contribution in [2.24, 2.45) is 0 Å². The monoisotopic (exact) mass is 472 g/mol. The Hall–Kier alpha value is -2.69. The van der Waals surface area contributed by atoms with E-state index in [9.17, 15) is 4.79 Å². The summed E-state index contributed by atoms with van der Waals surface area (Å²) in [5, 5.41) is 2.71. The van der Waals surface area contributed by atoms with E-state index in [1.165, 1.54) is 41.9 Å². The smallest absolute Gasteiger partial charge is 0.305 e. The van der Waals surface area contributed by atoms with Gasteiger partial charge in [0.2, 0.25) is 0 Å². The number of esters is 1. The second-order valence-electron chi connectivity index (χ2n) is 9.80. The highest BCUT2D eigenvalue weighted by atomic mass is 16.5. The van der Waals surface area contributed by atoms with Crippen molar-refractivity contribution in [2.45, 2.75) is 57.5 Å². The minimum Gasteiger partial charge on any atom is -0.469 e. The number of carbonyl (C=O) groups is 1. The number of hydrogen-bond acceptors (Lipinski definition) is 4. The Labute approximate surface area is 210 Å². The summed E-state index contributed by atoms with van der Waals surface area (Å²) in [5.41, 5.74) is 2.85. The minimum absolute atomic E-state index is 0.0939. The number of methoxy groups -OCH3 is 1. The second kappa shape index (κ2) is 13.4. The fraction of sp³-hybridized carbons (Fsp3) is 0.452. The van der Waals surface area contributed by atoms with Crippen molar-refractivity contribution < 1.29 is 9.53 Å². The molecule has 4 nitrogen and oxygen atoms in total. The molecule has 0 bridgehead atoms. The lowest BCUT2D eigenvalue weighted by Crippen LogP contribution is -2.45. The van der Waals surface area contributed by atoms with E-state index < -0.39 is 0 Å². The Morgan fingerprint density at radius 1 is 0.886 bits per heavy atom. The van der Waals surface area contributed by atoms with Crippen LogP contribution in [0.5, 0.6) is 0 Å². The van der Waals surface area contributed by atoms with Crippen LogP contribution in [0.4, 0.5) is 0 Å². The van der Waals surface area contributed by atoms with Crippen LogP contribution in [0.3, 0.4) is 0 Å². The Balaban J connectivity index is 1.34. The molecule has 35 heavy (non-hydrogen) atoms. The lowest BCUT2D eigenvalue weighted by atomic mass is 9.99. The fourth-order valence-corrected chi connectivity index (χ4v) is 5.40. The summed E-state index contributed by atoms with van der Waals surface area (Å²) in [6.07, 6.45) is 7.19. The maximum atomic E-state index is 11.4. The van der Waals surface area contributed by atoms with Crippen LogP contribution in [-0.4, -0.2) is 55.1 Å². The van der Waals surface area contributed by atoms with E-state index >= 15 is 0 Å².